The van der Waals surface area contributed by atoms with Crippen LogP contribution in [0.2, 0.25) is 0 Å². The van der Waals surface area contributed by atoms with Crippen LogP contribution in [0.4, 0.5) is 0 Å². The fourth-order valence-corrected chi connectivity index (χ4v) is 2.05. The molecule has 2 rings (SSSR count). The van der Waals surface area contributed by atoms with Gasteiger partial charge in [0, 0.05) is 18.7 Å². The highest BCUT2D eigenvalue weighted by atomic mass is 16.5. The van der Waals surface area contributed by atoms with Crippen molar-refractivity contribution >= 4 is 5.91 Å². The van der Waals surface area contributed by atoms with E-state index in [0.717, 1.165) is 6.07 Å². The molecule has 19 heavy (non-hydrogen) atoms. The standard InChI is InChI=1S/C11H16N4O4/c1-2-19-7-3-5(12)9(7)15-10(17)6-4-8(16)14-11(18)13-6/h4-5,7,9H,2-3,12H2,1H3,(H,15,17)(H2,13,14,16,18). The van der Waals surface area contributed by atoms with E-state index < -0.39 is 17.2 Å². The number of aromatic nitrogens is 2. The predicted molar refractivity (Wildman–Crippen MR) is 66.9 cm³/mol. The molecule has 0 aliphatic heterocycles. The molecule has 1 aromatic heterocycles. The van der Waals surface area contributed by atoms with Gasteiger partial charge in [-0.25, -0.2) is 4.79 Å². The lowest BCUT2D eigenvalue weighted by molar-refractivity contribution is -0.0300. The quantitative estimate of drug-likeness (QED) is 0.517. The number of carbonyl (C=O) groups excluding carboxylic acids is 1. The maximum absolute atomic E-state index is 11.9. The molecule has 1 heterocycles. The van der Waals surface area contributed by atoms with Crippen LogP contribution in [0.25, 0.3) is 0 Å². The van der Waals surface area contributed by atoms with E-state index in [-0.39, 0.29) is 23.9 Å². The van der Waals surface area contributed by atoms with Crippen LogP contribution in [-0.2, 0) is 4.74 Å². The van der Waals surface area contributed by atoms with Crippen LogP contribution in [0.5, 0.6) is 0 Å². The predicted octanol–water partition coefficient (Wildman–Crippen LogP) is -1.70. The number of ether oxygens (including phenoxy) is 1. The SMILES string of the molecule is CCOC1CC(N)C1NC(=O)c1cc(=O)[nH]c(=O)[nH]1. The Morgan fingerprint density at radius 1 is 1.53 bits per heavy atom. The van der Waals surface area contributed by atoms with Gasteiger partial charge in [0.15, 0.2) is 0 Å². The molecule has 3 unspecified atom stereocenters. The van der Waals surface area contributed by atoms with Crippen LogP contribution in [-0.4, -0.2) is 40.7 Å². The Morgan fingerprint density at radius 2 is 2.26 bits per heavy atom. The third-order valence-corrected chi connectivity index (χ3v) is 3.05. The molecule has 0 radical (unpaired) electrons. The molecule has 1 fully saturated rings. The molecule has 1 aliphatic carbocycles. The first-order chi connectivity index (χ1) is 9.01. The van der Waals surface area contributed by atoms with Crippen molar-refractivity contribution in [3.63, 3.8) is 0 Å². The molecule has 0 spiro atoms. The van der Waals surface area contributed by atoms with Gasteiger partial charge in [0.1, 0.15) is 5.69 Å². The average molecular weight is 268 g/mol. The summed E-state index contributed by atoms with van der Waals surface area (Å²) >= 11 is 0. The highest BCUT2D eigenvalue weighted by molar-refractivity contribution is 5.92. The Morgan fingerprint density at radius 3 is 2.84 bits per heavy atom. The molecule has 1 saturated carbocycles. The minimum absolute atomic E-state index is 0.0944. The first kappa shape index (κ1) is 13.5. The molecule has 1 amide bonds. The van der Waals surface area contributed by atoms with Gasteiger partial charge in [-0.3, -0.25) is 14.6 Å². The Balaban J connectivity index is 2.08. The van der Waals surface area contributed by atoms with E-state index in [4.69, 9.17) is 10.5 Å². The van der Waals surface area contributed by atoms with E-state index in [1.165, 1.54) is 0 Å². The molecule has 104 valence electrons. The van der Waals surface area contributed by atoms with Crippen molar-refractivity contribution in [2.24, 2.45) is 5.73 Å². The van der Waals surface area contributed by atoms with E-state index in [1.807, 2.05) is 11.9 Å². The van der Waals surface area contributed by atoms with E-state index >= 15 is 0 Å². The third kappa shape index (κ3) is 2.91. The summed E-state index contributed by atoms with van der Waals surface area (Å²) in [4.78, 5) is 38.3. The first-order valence-corrected chi connectivity index (χ1v) is 6.03. The molecule has 0 saturated heterocycles. The summed E-state index contributed by atoms with van der Waals surface area (Å²) in [6.07, 6.45) is 0.544. The van der Waals surface area contributed by atoms with Crippen LogP contribution in [0, 0.1) is 0 Å². The van der Waals surface area contributed by atoms with Gasteiger partial charge in [-0.1, -0.05) is 0 Å². The lowest BCUT2D eigenvalue weighted by Crippen LogP contribution is -2.64. The van der Waals surface area contributed by atoms with E-state index in [0.29, 0.717) is 13.0 Å². The first-order valence-electron chi connectivity index (χ1n) is 6.03. The zero-order valence-electron chi connectivity index (χ0n) is 10.4. The molecule has 5 N–H and O–H groups in total. The van der Waals surface area contributed by atoms with Crippen LogP contribution < -0.4 is 22.3 Å². The summed E-state index contributed by atoms with van der Waals surface area (Å²) in [7, 11) is 0. The second-order valence-electron chi connectivity index (χ2n) is 4.39. The van der Waals surface area contributed by atoms with Crippen LogP contribution in [0.1, 0.15) is 23.8 Å². The van der Waals surface area contributed by atoms with E-state index in [1.54, 1.807) is 0 Å². The summed E-state index contributed by atoms with van der Waals surface area (Å²) in [5.41, 5.74) is 4.34. The second kappa shape index (κ2) is 5.37. The lowest BCUT2D eigenvalue weighted by Gasteiger charge is -2.42. The largest absolute Gasteiger partial charge is 0.376 e. The molecule has 3 atom stereocenters. The van der Waals surface area contributed by atoms with Gasteiger partial charge in [-0.15, -0.1) is 0 Å². The normalized spacial score (nSPS) is 25.7. The zero-order chi connectivity index (χ0) is 14.0. The van der Waals surface area contributed by atoms with Gasteiger partial charge in [0.2, 0.25) is 0 Å². The molecule has 0 aromatic carbocycles. The number of hydrogen-bond donors (Lipinski definition) is 4. The van der Waals surface area contributed by atoms with Crippen LogP contribution in [0.3, 0.4) is 0 Å². The van der Waals surface area contributed by atoms with Gasteiger partial charge in [0.05, 0.1) is 12.1 Å². The van der Waals surface area contributed by atoms with Crippen molar-refractivity contribution in [3.8, 4) is 0 Å². The smallest absolute Gasteiger partial charge is 0.326 e. The van der Waals surface area contributed by atoms with Gasteiger partial charge in [-0.2, -0.15) is 0 Å². The number of carbonyl (C=O) groups is 1. The fourth-order valence-electron chi connectivity index (χ4n) is 2.05. The number of hydrogen-bond acceptors (Lipinski definition) is 5. The maximum atomic E-state index is 11.9. The minimum atomic E-state index is -0.725. The fraction of sp³-hybridized carbons (Fsp3) is 0.545. The number of H-pyrrole nitrogens is 2. The number of nitrogens with one attached hydrogen (secondary N) is 3. The summed E-state index contributed by atoms with van der Waals surface area (Å²) in [5.74, 6) is -0.548. The molecular weight excluding hydrogens is 252 g/mol. The Bertz CT molecular complexity index is 548. The van der Waals surface area contributed by atoms with Crippen molar-refractivity contribution < 1.29 is 9.53 Å². The van der Waals surface area contributed by atoms with Crippen molar-refractivity contribution in [1.82, 2.24) is 15.3 Å². The van der Waals surface area contributed by atoms with Gasteiger partial charge < -0.3 is 20.8 Å². The third-order valence-electron chi connectivity index (χ3n) is 3.05. The molecule has 8 nitrogen and oxygen atoms in total. The number of nitrogens with two attached hydrogens (primary N) is 1. The number of amides is 1. The van der Waals surface area contributed by atoms with Crippen LogP contribution >= 0.6 is 0 Å². The number of aromatic amines is 2. The van der Waals surface area contributed by atoms with Gasteiger partial charge in [-0.05, 0) is 13.3 Å². The van der Waals surface area contributed by atoms with E-state index in [9.17, 15) is 14.4 Å². The molecule has 8 heteroatoms. The monoisotopic (exact) mass is 268 g/mol. The lowest BCUT2D eigenvalue weighted by atomic mass is 9.83. The zero-order valence-corrected chi connectivity index (χ0v) is 10.4. The molecule has 1 aliphatic rings. The Hall–Kier alpha value is -1.93. The van der Waals surface area contributed by atoms with Gasteiger partial charge >= 0.3 is 5.69 Å². The summed E-state index contributed by atoms with van der Waals surface area (Å²) in [6.45, 7) is 2.39. The Kier molecular flexibility index (Phi) is 3.82. The van der Waals surface area contributed by atoms with Crippen LogP contribution in [0.15, 0.2) is 15.7 Å². The number of rotatable bonds is 4. The van der Waals surface area contributed by atoms with Crippen molar-refractivity contribution in [2.75, 3.05) is 6.61 Å². The molecular formula is C11H16N4O4. The highest BCUT2D eigenvalue weighted by Crippen LogP contribution is 2.22. The topological polar surface area (TPSA) is 130 Å². The summed E-state index contributed by atoms with van der Waals surface area (Å²) in [5, 5.41) is 2.66. The highest BCUT2D eigenvalue weighted by Gasteiger charge is 2.40. The second-order valence-corrected chi connectivity index (χ2v) is 4.39. The Labute approximate surface area is 108 Å². The van der Waals surface area contributed by atoms with Gasteiger partial charge in [0.25, 0.3) is 11.5 Å². The minimum Gasteiger partial charge on any atom is -0.376 e. The van der Waals surface area contributed by atoms with Crippen molar-refractivity contribution in [3.05, 3.63) is 32.6 Å². The maximum Gasteiger partial charge on any atom is 0.326 e. The van der Waals surface area contributed by atoms with Crippen molar-refractivity contribution in [1.29, 1.82) is 0 Å². The summed E-state index contributed by atoms with van der Waals surface area (Å²) in [6, 6.07) is 0.529. The van der Waals surface area contributed by atoms with E-state index in [2.05, 4.69) is 10.3 Å². The summed E-state index contributed by atoms with van der Waals surface area (Å²) < 4.78 is 5.41. The molecule has 1 aromatic rings. The molecule has 0 bridgehead atoms. The van der Waals surface area contributed by atoms with Crippen molar-refractivity contribution in [2.45, 2.75) is 31.5 Å². The average Bonchev–Trinajstić information content (AvgIpc) is 2.34.